The molecule has 1 aromatic rings. The van der Waals surface area contributed by atoms with Gasteiger partial charge in [0.05, 0.1) is 18.1 Å². The van der Waals surface area contributed by atoms with Crippen molar-refractivity contribution in [2.24, 2.45) is 23.7 Å². The summed E-state index contributed by atoms with van der Waals surface area (Å²) in [6, 6.07) is 6.39. The Balaban J connectivity index is 1.78. The second-order valence-corrected chi connectivity index (χ2v) is 7.40. The number of anilines is 1. The first-order valence-corrected chi connectivity index (χ1v) is 9.31. The van der Waals surface area contributed by atoms with Crippen molar-refractivity contribution in [3.63, 3.8) is 0 Å². The van der Waals surface area contributed by atoms with E-state index in [1.807, 2.05) is 13.8 Å². The minimum absolute atomic E-state index is 0.0401. The van der Waals surface area contributed by atoms with Crippen LogP contribution in [0.3, 0.4) is 0 Å². The van der Waals surface area contributed by atoms with E-state index in [9.17, 15) is 19.5 Å². The normalized spacial score (nSPS) is 26.0. The molecule has 0 spiro atoms. The van der Waals surface area contributed by atoms with Crippen molar-refractivity contribution in [2.45, 2.75) is 33.6 Å². The number of ether oxygens (including phenoxy) is 1. The summed E-state index contributed by atoms with van der Waals surface area (Å²) in [5, 5.41) is 14.5. The van der Waals surface area contributed by atoms with Crippen LogP contribution in [-0.2, 0) is 14.3 Å². The van der Waals surface area contributed by atoms with Crippen molar-refractivity contribution in [2.75, 3.05) is 11.9 Å². The summed E-state index contributed by atoms with van der Waals surface area (Å²) in [6.07, 6.45) is 1.62. The summed E-state index contributed by atoms with van der Waals surface area (Å²) in [5.74, 6) is -3.43. The molecular weight excluding hydrogens is 346 g/mol. The number of rotatable bonds is 5. The molecule has 1 N–H and O–H groups in total. The average Bonchev–Trinajstić information content (AvgIpc) is 3.18. The molecule has 6 heteroatoms. The molecule has 4 atom stereocenters. The second kappa shape index (κ2) is 7.55. The van der Waals surface area contributed by atoms with Crippen molar-refractivity contribution in [1.29, 1.82) is 0 Å². The average molecular weight is 370 g/mol. The van der Waals surface area contributed by atoms with Crippen LogP contribution in [0.5, 0.6) is 0 Å². The van der Waals surface area contributed by atoms with Crippen molar-refractivity contribution >= 4 is 23.5 Å². The van der Waals surface area contributed by atoms with Crippen LogP contribution in [-0.4, -0.2) is 24.5 Å². The summed E-state index contributed by atoms with van der Waals surface area (Å²) in [6.45, 7) is 5.97. The Bertz CT molecular complexity index is 791. The van der Waals surface area contributed by atoms with Gasteiger partial charge in [0.15, 0.2) is 0 Å². The lowest BCUT2D eigenvalue weighted by Crippen LogP contribution is -2.43. The van der Waals surface area contributed by atoms with Gasteiger partial charge in [-0.3, -0.25) is 4.79 Å². The van der Waals surface area contributed by atoms with E-state index in [-0.39, 0.29) is 17.7 Å². The highest BCUT2D eigenvalue weighted by atomic mass is 16.5. The Morgan fingerprint density at radius 2 is 1.67 bits per heavy atom. The molecule has 2 saturated carbocycles. The minimum Gasteiger partial charge on any atom is -0.550 e. The smallest absolute Gasteiger partial charge is 0.338 e. The van der Waals surface area contributed by atoms with Gasteiger partial charge in [-0.1, -0.05) is 11.1 Å². The highest BCUT2D eigenvalue weighted by molar-refractivity contribution is 5.97. The predicted molar refractivity (Wildman–Crippen MR) is 97.6 cm³/mol. The number of fused-ring (bicyclic) bond motifs is 2. The maximum absolute atomic E-state index is 12.9. The molecular formula is C21H24NO5-. The lowest BCUT2D eigenvalue weighted by Gasteiger charge is -2.30. The molecule has 2 bridgehead atoms. The number of carbonyl (C=O) groups excluding carboxylic acids is 3. The van der Waals surface area contributed by atoms with E-state index >= 15 is 0 Å². The van der Waals surface area contributed by atoms with Gasteiger partial charge in [0.1, 0.15) is 0 Å². The zero-order chi connectivity index (χ0) is 19.7. The highest BCUT2D eigenvalue weighted by Gasteiger charge is 2.54. The van der Waals surface area contributed by atoms with Crippen LogP contribution >= 0.6 is 0 Å². The van der Waals surface area contributed by atoms with Crippen LogP contribution in [0.4, 0.5) is 5.69 Å². The van der Waals surface area contributed by atoms with Crippen molar-refractivity contribution in [1.82, 2.24) is 0 Å². The molecule has 2 fully saturated rings. The summed E-state index contributed by atoms with van der Waals surface area (Å²) >= 11 is 0. The van der Waals surface area contributed by atoms with Gasteiger partial charge < -0.3 is 20.0 Å². The fraction of sp³-hybridized carbons (Fsp3) is 0.476. The number of hydrogen-bond donors (Lipinski definition) is 1. The Morgan fingerprint density at radius 3 is 2.19 bits per heavy atom. The molecule has 0 heterocycles. The molecule has 2 aliphatic rings. The van der Waals surface area contributed by atoms with Crippen molar-refractivity contribution < 1.29 is 24.2 Å². The van der Waals surface area contributed by atoms with Crippen LogP contribution in [0.1, 0.15) is 44.0 Å². The summed E-state index contributed by atoms with van der Waals surface area (Å²) in [4.78, 5) is 36.3. The van der Waals surface area contributed by atoms with Gasteiger partial charge in [-0.25, -0.2) is 4.79 Å². The molecule has 2 aliphatic carbocycles. The fourth-order valence-electron chi connectivity index (χ4n) is 4.72. The number of hydrogen-bond acceptors (Lipinski definition) is 5. The predicted octanol–water partition coefficient (Wildman–Crippen LogP) is 2.16. The lowest BCUT2D eigenvalue weighted by molar-refractivity contribution is -0.314. The molecule has 0 aliphatic heterocycles. The topological polar surface area (TPSA) is 95.5 Å². The van der Waals surface area contributed by atoms with Crippen LogP contribution in [0.15, 0.2) is 35.4 Å². The molecule has 1 amide bonds. The minimum atomic E-state index is -1.15. The van der Waals surface area contributed by atoms with E-state index in [1.54, 1.807) is 31.2 Å². The standard InChI is InChI=1S/C21H25NO5/c1-4-27-21(26)12-5-7-13(8-6-12)22-19(23)17-14-9-10-15(16(14)11(2)3)18(17)20(24)25/h5-8,14-15,17-18H,4,9-10H2,1-3H3,(H,22,23)(H,24,25)/p-1/t14-,15-,17+,18+/m1/s1. The number of amides is 1. The molecule has 0 radical (unpaired) electrons. The Labute approximate surface area is 158 Å². The number of carboxylic acids is 1. The van der Waals surface area contributed by atoms with Gasteiger partial charge >= 0.3 is 5.97 Å². The fourth-order valence-corrected chi connectivity index (χ4v) is 4.72. The lowest BCUT2D eigenvalue weighted by atomic mass is 9.78. The number of esters is 1. The monoisotopic (exact) mass is 370 g/mol. The number of carboxylic acid groups (broad SMARTS) is 1. The van der Waals surface area contributed by atoms with Crippen LogP contribution in [0.25, 0.3) is 0 Å². The zero-order valence-corrected chi connectivity index (χ0v) is 15.8. The van der Waals surface area contributed by atoms with Crippen LogP contribution in [0, 0.1) is 23.7 Å². The zero-order valence-electron chi connectivity index (χ0n) is 15.8. The summed E-state index contributed by atoms with van der Waals surface area (Å²) in [5.41, 5.74) is 3.13. The summed E-state index contributed by atoms with van der Waals surface area (Å²) in [7, 11) is 0. The molecule has 27 heavy (non-hydrogen) atoms. The Hall–Kier alpha value is -2.63. The maximum Gasteiger partial charge on any atom is 0.338 e. The molecule has 0 unspecified atom stereocenters. The van der Waals surface area contributed by atoms with Gasteiger partial charge in [0.2, 0.25) is 5.91 Å². The van der Waals surface area contributed by atoms with Crippen LogP contribution < -0.4 is 10.4 Å². The largest absolute Gasteiger partial charge is 0.550 e. The van der Waals surface area contributed by atoms with Gasteiger partial charge in [-0.2, -0.15) is 0 Å². The SMILES string of the molecule is CCOC(=O)c1ccc(NC(=O)[C@@H]2[C@@H](C(=O)[O-])[C@@H]3CC[C@@H]2C3=C(C)C)cc1. The van der Waals surface area contributed by atoms with Gasteiger partial charge in [-0.05, 0) is 69.7 Å². The molecule has 3 rings (SSSR count). The summed E-state index contributed by atoms with van der Waals surface area (Å²) < 4.78 is 4.93. The van der Waals surface area contributed by atoms with E-state index in [0.717, 1.165) is 24.0 Å². The van der Waals surface area contributed by atoms with Gasteiger partial charge in [0, 0.05) is 17.6 Å². The Kier molecular flexibility index (Phi) is 5.35. The first kappa shape index (κ1) is 19.1. The van der Waals surface area contributed by atoms with E-state index in [2.05, 4.69) is 5.32 Å². The quantitative estimate of drug-likeness (QED) is 0.633. The third-order valence-corrected chi connectivity index (χ3v) is 5.66. The van der Waals surface area contributed by atoms with E-state index in [1.165, 1.54) is 0 Å². The number of allylic oxidation sites excluding steroid dienone is 2. The first-order valence-electron chi connectivity index (χ1n) is 9.31. The second-order valence-electron chi connectivity index (χ2n) is 7.40. The Morgan fingerprint density at radius 1 is 1.07 bits per heavy atom. The number of nitrogens with one attached hydrogen (secondary N) is 1. The number of aliphatic carboxylic acids is 1. The van der Waals surface area contributed by atoms with E-state index in [0.29, 0.717) is 17.9 Å². The van der Waals surface area contributed by atoms with Gasteiger partial charge in [-0.15, -0.1) is 0 Å². The third-order valence-electron chi connectivity index (χ3n) is 5.66. The van der Waals surface area contributed by atoms with Gasteiger partial charge in [0.25, 0.3) is 0 Å². The molecule has 144 valence electrons. The molecule has 1 aromatic carbocycles. The highest BCUT2D eigenvalue weighted by Crippen LogP contribution is 2.57. The molecule has 6 nitrogen and oxygen atoms in total. The first-order chi connectivity index (χ1) is 12.8. The van der Waals surface area contributed by atoms with Crippen LogP contribution in [0.2, 0.25) is 0 Å². The number of carbonyl (C=O) groups is 3. The van der Waals surface area contributed by atoms with Crippen molar-refractivity contribution in [3.8, 4) is 0 Å². The maximum atomic E-state index is 12.9. The number of benzene rings is 1. The van der Waals surface area contributed by atoms with E-state index in [4.69, 9.17) is 4.74 Å². The third kappa shape index (κ3) is 3.48. The molecule has 0 aromatic heterocycles. The molecule has 0 saturated heterocycles. The van der Waals surface area contributed by atoms with E-state index < -0.39 is 23.8 Å². The van der Waals surface area contributed by atoms with Crippen molar-refractivity contribution in [3.05, 3.63) is 41.0 Å².